The van der Waals surface area contributed by atoms with Gasteiger partial charge in [-0.2, -0.15) is 0 Å². The molecular weight excluding hydrogens is 344 g/mol. The molecule has 0 radical (unpaired) electrons. The number of thioether (sulfide) groups is 1. The van der Waals surface area contributed by atoms with Gasteiger partial charge >= 0.3 is 0 Å². The lowest BCUT2D eigenvalue weighted by molar-refractivity contribution is -0.384. The summed E-state index contributed by atoms with van der Waals surface area (Å²) in [4.78, 5) is 25.5. The molecule has 8 heteroatoms. The number of nitro groups is 1. The van der Waals surface area contributed by atoms with Crippen LogP contribution in [0.5, 0.6) is 11.5 Å². The lowest BCUT2D eigenvalue weighted by Crippen LogP contribution is -2.11. The molecular formula is C17H12N2O5S. The summed E-state index contributed by atoms with van der Waals surface area (Å²) in [6.07, 6.45) is 1.53. The number of fused-ring (bicyclic) bond motifs is 2. The summed E-state index contributed by atoms with van der Waals surface area (Å²) < 4.78 is 10.8. The van der Waals surface area contributed by atoms with Crippen LogP contribution in [0.1, 0.15) is 10.4 Å². The largest absolute Gasteiger partial charge is 0.454 e. The molecule has 0 bridgehead atoms. The van der Waals surface area contributed by atoms with E-state index >= 15 is 0 Å². The molecule has 2 aromatic carbocycles. The van der Waals surface area contributed by atoms with Crippen molar-refractivity contribution in [2.45, 2.75) is 4.90 Å². The first-order valence-electron chi connectivity index (χ1n) is 7.38. The number of carbonyl (C=O) groups excluding carboxylic acids is 1. The number of allylic oxidation sites excluding steroid dienone is 1. The number of carbonyl (C=O) groups is 1. The van der Waals surface area contributed by atoms with Gasteiger partial charge in [-0.15, -0.1) is 0 Å². The SMILES string of the molecule is CN1/C(=C\C(=O)c2ccc([N+](=O)[O-])cc2)Sc2cc3c(cc21)OCO3. The first-order valence-corrected chi connectivity index (χ1v) is 8.20. The molecule has 0 spiro atoms. The van der Waals surface area contributed by atoms with Crippen LogP contribution in [0, 0.1) is 10.1 Å². The number of hydrogen-bond donors (Lipinski definition) is 0. The van der Waals surface area contributed by atoms with E-state index in [0.29, 0.717) is 17.1 Å². The summed E-state index contributed by atoms with van der Waals surface area (Å²) in [6, 6.07) is 9.36. The molecule has 0 saturated carbocycles. The second-order valence-corrected chi connectivity index (χ2v) is 6.55. The fourth-order valence-corrected chi connectivity index (χ4v) is 3.72. The van der Waals surface area contributed by atoms with Crippen LogP contribution in [0.25, 0.3) is 0 Å². The number of benzene rings is 2. The number of ether oxygens (including phenoxy) is 2. The third-order valence-electron chi connectivity index (χ3n) is 3.98. The van der Waals surface area contributed by atoms with Crippen LogP contribution in [-0.2, 0) is 0 Å². The molecule has 2 aromatic rings. The minimum absolute atomic E-state index is 0.0431. The highest BCUT2D eigenvalue weighted by atomic mass is 32.2. The van der Waals surface area contributed by atoms with E-state index in [1.165, 1.54) is 42.1 Å². The number of ketones is 1. The first-order chi connectivity index (χ1) is 12.0. The van der Waals surface area contributed by atoms with Crippen LogP contribution in [0.3, 0.4) is 0 Å². The second-order valence-electron chi connectivity index (χ2n) is 5.49. The highest BCUT2D eigenvalue weighted by molar-refractivity contribution is 8.03. The quantitative estimate of drug-likeness (QED) is 0.360. The van der Waals surface area contributed by atoms with Gasteiger partial charge in [-0.25, -0.2) is 0 Å². The Morgan fingerprint density at radius 1 is 1.24 bits per heavy atom. The van der Waals surface area contributed by atoms with Crippen LogP contribution in [0.15, 0.2) is 52.4 Å². The molecule has 0 aromatic heterocycles. The Labute approximate surface area is 147 Å². The molecule has 0 N–H and O–H groups in total. The van der Waals surface area contributed by atoms with E-state index in [-0.39, 0.29) is 18.3 Å². The van der Waals surface area contributed by atoms with E-state index in [2.05, 4.69) is 0 Å². The third kappa shape index (κ3) is 2.70. The molecule has 0 saturated heterocycles. The fourth-order valence-electron chi connectivity index (χ4n) is 2.63. The summed E-state index contributed by atoms with van der Waals surface area (Å²) >= 11 is 1.46. The highest BCUT2D eigenvalue weighted by Gasteiger charge is 2.27. The van der Waals surface area contributed by atoms with Crippen molar-refractivity contribution >= 4 is 28.9 Å². The van der Waals surface area contributed by atoms with Crippen molar-refractivity contribution in [3.63, 3.8) is 0 Å². The van der Waals surface area contributed by atoms with Gasteiger partial charge in [-0.1, -0.05) is 11.8 Å². The van der Waals surface area contributed by atoms with Gasteiger partial charge in [-0.05, 0) is 12.1 Å². The number of nitrogens with zero attached hydrogens (tertiary/aromatic N) is 2. The smallest absolute Gasteiger partial charge is 0.269 e. The van der Waals surface area contributed by atoms with Gasteiger partial charge in [0.15, 0.2) is 17.3 Å². The van der Waals surface area contributed by atoms with E-state index in [1.807, 2.05) is 24.1 Å². The van der Waals surface area contributed by atoms with Gasteiger partial charge in [0.2, 0.25) is 6.79 Å². The summed E-state index contributed by atoms with van der Waals surface area (Å²) in [5.41, 5.74) is 1.30. The van der Waals surface area contributed by atoms with Crippen molar-refractivity contribution < 1.29 is 19.2 Å². The van der Waals surface area contributed by atoms with Crippen molar-refractivity contribution in [2.75, 3.05) is 18.7 Å². The fraction of sp³-hybridized carbons (Fsp3) is 0.118. The molecule has 2 heterocycles. The second kappa shape index (κ2) is 5.82. The van der Waals surface area contributed by atoms with Gasteiger partial charge in [0.05, 0.1) is 15.6 Å². The summed E-state index contributed by atoms with van der Waals surface area (Å²) in [6.45, 7) is 0.216. The zero-order valence-electron chi connectivity index (χ0n) is 13.1. The zero-order chi connectivity index (χ0) is 17.6. The Morgan fingerprint density at radius 2 is 1.92 bits per heavy atom. The Kier molecular flexibility index (Phi) is 3.61. The maximum absolute atomic E-state index is 12.4. The number of nitro benzene ring substituents is 1. The van der Waals surface area contributed by atoms with E-state index < -0.39 is 4.92 Å². The molecule has 0 unspecified atom stereocenters. The van der Waals surface area contributed by atoms with Gasteiger partial charge in [0.1, 0.15) is 0 Å². The van der Waals surface area contributed by atoms with Crippen molar-refractivity contribution in [1.29, 1.82) is 0 Å². The van der Waals surface area contributed by atoms with Crippen LogP contribution in [0.2, 0.25) is 0 Å². The Bertz CT molecular complexity index is 923. The Morgan fingerprint density at radius 3 is 2.60 bits per heavy atom. The number of anilines is 1. The van der Waals surface area contributed by atoms with Crippen molar-refractivity contribution in [3.05, 3.63) is 63.2 Å². The zero-order valence-corrected chi connectivity index (χ0v) is 13.9. The topological polar surface area (TPSA) is 81.9 Å². The molecule has 0 atom stereocenters. The predicted octanol–water partition coefficient (Wildman–Crippen LogP) is 3.59. The molecule has 7 nitrogen and oxygen atoms in total. The standard InChI is InChI=1S/C17H12N2O5S/c1-18-12-6-14-15(24-9-23-14)8-16(12)25-17(18)7-13(20)10-2-4-11(5-3-10)19(21)22/h2-8H,9H2,1H3/b17-7+. The number of non-ortho nitro benzene ring substituents is 1. The molecule has 2 aliphatic heterocycles. The molecule has 0 aliphatic carbocycles. The Balaban J connectivity index is 1.59. The van der Waals surface area contributed by atoms with Crippen molar-refractivity contribution in [2.24, 2.45) is 0 Å². The van der Waals surface area contributed by atoms with Crippen LogP contribution < -0.4 is 14.4 Å². The average Bonchev–Trinajstić information content (AvgIpc) is 3.18. The molecule has 126 valence electrons. The highest BCUT2D eigenvalue weighted by Crippen LogP contribution is 2.50. The summed E-state index contributed by atoms with van der Waals surface area (Å²) in [5, 5.41) is 11.5. The maximum atomic E-state index is 12.4. The minimum atomic E-state index is -0.493. The lowest BCUT2D eigenvalue weighted by Gasteiger charge is -2.13. The van der Waals surface area contributed by atoms with E-state index in [0.717, 1.165) is 15.6 Å². The predicted molar refractivity (Wildman–Crippen MR) is 92.3 cm³/mol. The van der Waals surface area contributed by atoms with E-state index in [9.17, 15) is 14.9 Å². The summed E-state index contributed by atoms with van der Waals surface area (Å²) in [7, 11) is 1.87. The molecule has 0 fully saturated rings. The molecule has 0 amide bonds. The average molecular weight is 356 g/mol. The third-order valence-corrected chi connectivity index (χ3v) is 5.13. The Hall–Kier alpha value is -3.00. The van der Waals surface area contributed by atoms with Gasteiger partial charge in [0.25, 0.3) is 5.69 Å². The molecule has 2 aliphatic rings. The van der Waals surface area contributed by atoms with Crippen LogP contribution in [-0.4, -0.2) is 24.5 Å². The van der Waals surface area contributed by atoms with Crippen LogP contribution in [0.4, 0.5) is 11.4 Å². The lowest BCUT2D eigenvalue weighted by atomic mass is 10.1. The number of rotatable bonds is 3. The monoisotopic (exact) mass is 356 g/mol. The molecule has 4 rings (SSSR count). The van der Waals surface area contributed by atoms with Crippen molar-refractivity contribution in [1.82, 2.24) is 0 Å². The minimum Gasteiger partial charge on any atom is -0.454 e. The van der Waals surface area contributed by atoms with E-state index in [4.69, 9.17) is 9.47 Å². The normalized spacial score (nSPS) is 16.2. The first kappa shape index (κ1) is 15.5. The number of hydrogen-bond acceptors (Lipinski definition) is 7. The molecule has 25 heavy (non-hydrogen) atoms. The van der Waals surface area contributed by atoms with Gasteiger partial charge in [-0.3, -0.25) is 14.9 Å². The van der Waals surface area contributed by atoms with Crippen molar-refractivity contribution in [3.8, 4) is 11.5 Å². The maximum Gasteiger partial charge on any atom is 0.269 e. The van der Waals surface area contributed by atoms with Gasteiger partial charge < -0.3 is 14.4 Å². The van der Waals surface area contributed by atoms with E-state index in [1.54, 1.807) is 0 Å². The summed E-state index contributed by atoms with van der Waals surface area (Å²) in [5.74, 6) is 1.17. The van der Waals surface area contributed by atoms with Crippen LogP contribution >= 0.6 is 11.8 Å². The van der Waals surface area contributed by atoms with Gasteiger partial charge in [0, 0.05) is 47.8 Å².